The van der Waals surface area contributed by atoms with E-state index in [2.05, 4.69) is 22.5 Å². The minimum Gasteiger partial charge on any atom is -0.460 e. The van der Waals surface area contributed by atoms with Gasteiger partial charge in [0.25, 0.3) is 0 Å². The summed E-state index contributed by atoms with van der Waals surface area (Å²) in [6.45, 7) is 7.42. The van der Waals surface area contributed by atoms with Gasteiger partial charge in [-0.25, -0.2) is 4.79 Å². The first kappa shape index (κ1) is 22.0. The molecule has 4 bridgehead atoms. The number of carbonyl (C=O) groups excluding carboxylic acids is 3. The number of ether oxygens (including phenoxy) is 1. The van der Waals surface area contributed by atoms with Crippen molar-refractivity contribution in [1.29, 1.82) is 0 Å². The Bertz CT molecular complexity index is 824. The lowest BCUT2D eigenvalue weighted by Crippen LogP contribution is -2.76. The van der Waals surface area contributed by atoms with Crippen molar-refractivity contribution in [2.45, 2.75) is 79.0 Å². The fourth-order valence-electron chi connectivity index (χ4n) is 7.39. The van der Waals surface area contributed by atoms with Crippen molar-refractivity contribution in [1.82, 2.24) is 4.90 Å². The number of β-lactam (4-membered cyclic amide) rings is 1. The maximum Gasteiger partial charge on any atom is 0.330 e. The molecule has 0 spiro atoms. The van der Waals surface area contributed by atoms with Gasteiger partial charge in [-0.05, 0) is 70.1 Å². The second-order valence-electron chi connectivity index (χ2n) is 10.8. The number of hydrogen-bond donors (Lipinski definition) is 1. The van der Waals surface area contributed by atoms with Crippen LogP contribution in [0.5, 0.6) is 0 Å². The minimum absolute atomic E-state index is 0.0787. The van der Waals surface area contributed by atoms with E-state index in [9.17, 15) is 19.5 Å². The SMILES string of the molecule is C=CCOC(=O)[C@@H]1N2C(=O)[C@@](Br)(C(O)C(=O)C34CC5CC(CC(C5)C3)C4)[C@H]2SC1(C)C. The van der Waals surface area contributed by atoms with Crippen LogP contribution in [0, 0.1) is 23.2 Å². The molecule has 2 heterocycles. The number of aliphatic hydroxyl groups is 1. The number of Topliss-reactive ketones (excluding diaryl/α,β-unsaturated/α-hetero) is 1. The Balaban J connectivity index is 1.39. The molecular formula is C23H30BrNO5S. The van der Waals surface area contributed by atoms with E-state index in [1.807, 2.05) is 13.8 Å². The highest BCUT2D eigenvalue weighted by Crippen LogP contribution is 2.63. The topological polar surface area (TPSA) is 83.9 Å². The zero-order valence-corrected chi connectivity index (χ0v) is 20.4. The van der Waals surface area contributed by atoms with Gasteiger partial charge >= 0.3 is 5.97 Å². The quantitative estimate of drug-likeness (QED) is 0.255. The number of halogens is 1. The molecule has 4 aliphatic carbocycles. The molecule has 6 fully saturated rings. The van der Waals surface area contributed by atoms with Crippen LogP contribution in [0.4, 0.5) is 0 Å². The summed E-state index contributed by atoms with van der Waals surface area (Å²) in [6, 6.07) is -0.762. The molecule has 0 radical (unpaired) electrons. The molecule has 0 aromatic heterocycles. The molecule has 8 heteroatoms. The van der Waals surface area contributed by atoms with Crippen molar-refractivity contribution in [3.63, 3.8) is 0 Å². The third kappa shape index (κ3) is 2.96. The smallest absolute Gasteiger partial charge is 0.330 e. The Kier molecular flexibility index (Phi) is 5.01. The van der Waals surface area contributed by atoms with Crippen LogP contribution in [0.15, 0.2) is 12.7 Å². The van der Waals surface area contributed by atoms with Gasteiger partial charge in [0.05, 0.1) is 0 Å². The first-order valence-electron chi connectivity index (χ1n) is 11.2. The molecule has 4 atom stereocenters. The number of hydrogen-bond acceptors (Lipinski definition) is 6. The summed E-state index contributed by atoms with van der Waals surface area (Å²) < 4.78 is 3.26. The summed E-state index contributed by atoms with van der Waals surface area (Å²) in [7, 11) is 0. The maximum absolute atomic E-state index is 13.7. The Morgan fingerprint density at radius 1 is 1.26 bits per heavy atom. The van der Waals surface area contributed by atoms with E-state index in [4.69, 9.17) is 4.74 Å². The van der Waals surface area contributed by atoms with Crippen LogP contribution in [0.3, 0.4) is 0 Å². The molecule has 4 saturated carbocycles. The summed E-state index contributed by atoms with van der Waals surface area (Å²) in [5.41, 5.74) is -0.489. The van der Waals surface area contributed by atoms with Crippen molar-refractivity contribution in [2.75, 3.05) is 6.61 Å². The molecule has 2 saturated heterocycles. The largest absolute Gasteiger partial charge is 0.460 e. The van der Waals surface area contributed by atoms with E-state index in [0.29, 0.717) is 17.8 Å². The van der Waals surface area contributed by atoms with Crippen molar-refractivity contribution >= 4 is 45.4 Å². The van der Waals surface area contributed by atoms with Crippen LogP contribution in [0.2, 0.25) is 0 Å². The van der Waals surface area contributed by atoms with Crippen LogP contribution < -0.4 is 0 Å². The number of esters is 1. The fraction of sp³-hybridized carbons (Fsp3) is 0.783. The van der Waals surface area contributed by atoms with Gasteiger partial charge in [-0.3, -0.25) is 9.59 Å². The molecule has 1 N–H and O–H groups in total. The summed E-state index contributed by atoms with van der Waals surface area (Å²) in [5, 5.41) is 10.8. The predicted molar refractivity (Wildman–Crippen MR) is 121 cm³/mol. The lowest BCUT2D eigenvalue weighted by atomic mass is 9.48. The van der Waals surface area contributed by atoms with E-state index in [0.717, 1.165) is 19.3 Å². The van der Waals surface area contributed by atoms with Crippen molar-refractivity contribution in [3.05, 3.63) is 12.7 Å². The van der Waals surface area contributed by atoms with E-state index >= 15 is 0 Å². The zero-order chi connectivity index (χ0) is 22.3. The van der Waals surface area contributed by atoms with Gasteiger partial charge in [-0.2, -0.15) is 0 Å². The van der Waals surface area contributed by atoms with Crippen LogP contribution >= 0.6 is 27.7 Å². The van der Waals surface area contributed by atoms with Gasteiger partial charge in [0, 0.05) is 10.2 Å². The van der Waals surface area contributed by atoms with E-state index in [1.54, 1.807) is 0 Å². The van der Waals surface area contributed by atoms with Gasteiger partial charge < -0.3 is 14.7 Å². The number of rotatable bonds is 6. The predicted octanol–water partition coefficient (Wildman–Crippen LogP) is 3.06. The average molecular weight is 512 g/mol. The first-order chi connectivity index (χ1) is 14.5. The van der Waals surface area contributed by atoms with Crippen LogP contribution in [-0.2, 0) is 19.1 Å². The van der Waals surface area contributed by atoms with Crippen LogP contribution in [-0.4, -0.2) is 60.9 Å². The molecule has 1 unspecified atom stereocenters. The number of fused-ring (bicyclic) bond motifs is 1. The van der Waals surface area contributed by atoms with Crippen LogP contribution in [0.25, 0.3) is 0 Å². The summed E-state index contributed by atoms with van der Waals surface area (Å²) >= 11 is 4.96. The van der Waals surface area contributed by atoms with Gasteiger partial charge in [0.2, 0.25) is 5.91 Å². The number of ketones is 1. The summed E-state index contributed by atoms with van der Waals surface area (Å²) in [5.74, 6) is 0.669. The van der Waals surface area contributed by atoms with Crippen molar-refractivity contribution in [2.24, 2.45) is 23.2 Å². The zero-order valence-electron chi connectivity index (χ0n) is 18.0. The van der Waals surface area contributed by atoms with Gasteiger partial charge in [0.1, 0.15) is 24.1 Å². The normalized spacial score (nSPS) is 45.1. The van der Waals surface area contributed by atoms with E-state index in [-0.39, 0.29) is 12.4 Å². The Hall–Kier alpha value is -0.860. The van der Waals surface area contributed by atoms with Crippen LogP contribution in [0.1, 0.15) is 52.4 Å². The number of alkyl halides is 1. The van der Waals surface area contributed by atoms with Crippen molar-refractivity contribution < 1.29 is 24.2 Å². The lowest BCUT2D eigenvalue weighted by molar-refractivity contribution is -0.172. The van der Waals surface area contributed by atoms with E-state index in [1.165, 1.54) is 42.0 Å². The lowest BCUT2D eigenvalue weighted by Gasteiger charge is -2.58. The second-order valence-corrected chi connectivity index (χ2v) is 13.9. The first-order valence-corrected chi connectivity index (χ1v) is 12.9. The fourth-order valence-corrected chi connectivity index (χ4v) is 9.95. The monoisotopic (exact) mass is 511 g/mol. The highest BCUT2D eigenvalue weighted by Gasteiger charge is 2.75. The number of carbonyl (C=O) groups is 3. The number of nitrogens with zero attached hydrogens (tertiary/aromatic N) is 1. The molecule has 170 valence electrons. The Labute approximate surface area is 195 Å². The molecule has 6 aliphatic rings. The molecule has 6 nitrogen and oxygen atoms in total. The molecule has 31 heavy (non-hydrogen) atoms. The highest BCUT2D eigenvalue weighted by atomic mass is 79.9. The second kappa shape index (κ2) is 7.07. The Morgan fingerprint density at radius 2 is 1.81 bits per heavy atom. The van der Waals surface area contributed by atoms with Gasteiger partial charge in [-0.1, -0.05) is 28.6 Å². The molecule has 0 aromatic carbocycles. The molecule has 0 aromatic rings. The van der Waals surface area contributed by atoms with Crippen molar-refractivity contribution in [3.8, 4) is 0 Å². The molecular weight excluding hydrogens is 482 g/mol. The third-order valence-electron chi connectivity index (χ3n) is 8.30. The highest BCUT2D eigenvalue weighted by molar-refractivity contribution is 9.10. The molecule has 1 amide bonds. The average Bonchev–Trinajstić information content (AvgIpc) is 2.98. The number of amides is 1. The van der Waals surface area contributed by atoms with E-state index < -0.39 is 43.9 Å². The molecule has 6 rings (SSSR count). The van der Waals surface area contributed by atoms with Gasteiger partial charge in [-0.15, -0.1) is 11.8 Å². The Morgan fingerprint density at radius 3 is 2.32 bits per heavy atom. The summed E-state index contributed by atoms with van der Waals surface area (Å²) in [6.07, 6.45) is 6.22. The van der Waals surface area contributed by atoms with Gasteiger partial charge in [0.15, 0.2) is 10.1 Å². The number of thioether (sulfide) groups is 1. The maximum atomic E-state index is 13.7. The minimum atomic E-state index is -1.41. The standard InChI is InChI=1S/C23H30BrNO5S/c1-4-5-30-18(28)15-21(2,3)31-20-23(24,19(29)25(15)20)17(27)16(26)22-9-12-6-13(10-22)8-14(7-12)11-22/h4,12-15,17,20,27H,1,5-11H2,2-3H3/t12?,13?,14?,15-,17?,20+,22?,23-/m0/s1. The summed E-state index contributed by atoms with van der Waals surface area (Å²) in [4.78, 5) is 41.2. The number of aliphatic hydroxyl groups excluding tert-OH is 1. The third-order valence-corrected chi connectivity index (χ3v) is 11.5. The molecule has 2 aliphatic heterocycles.